The molecule has 5 aliphatic carbocycles. The Labute approximate surface area is 281 Å². The number of hydrogen-bond donors (Lipinski definition) is 0. The Kier molecular flexibility index (Phi) is 7.06. The second kappa shape index (κ2) is 11.0. The summed E-state index contributed by atoms with van der Waals surface area (Å²) >= 11 is 2.70. The Morgan fingerprint density at radius 1 is 0.896 bits per heavy atom. The van der Waals surface area contributed by atoms with E-state index in [0.29, 0.717) is 15.6 Å². The van der Waals surface area contributed by atoms with Crippen LogP contribution in [0.2, 0.25) is 0 Å². The van der Waals surface area contributed by atoms with E-state index < -0.39 is 47.3 Å². The van der Waals surface area contributed by atoms with E-state index in [1.54, 1.807) is 6.92 Å². The number of carbonyl (C=O) groups excluding carboxylic acids is 3. The third-order valence-corrected chi connectivity index (χ3v) is 12.7. The average Bonchev–Trinajstić information content (AvgIpc) is 3.84. The molecule has 12 heteroatoms. The van der Waals surface area contributed by atoms with Crippen molar-refractivity contribution in [2.75, 3.05) is 0 Å². The molecule has 0 aliphatic heterocycles. The van der Waals surface area contributed by atoms with Crippen molar-refractivity contribution in [2.45, 2.75) is 69.6 Å². The van der Waals surface area contributed by atoms with Gasteiger partial charge in [-0.2, -0.15) is 0 Å². The van der Waals surface area contributed by atoms with Crippen molar-refractivity contribution in [3.8, 4) is 15.8 Å². The molecule has 3 fully saturated rings. The molecule has 2 aromatic heterocycles. The van der Waals surface area contributed by atoms with Crippen LogP contribution in [0.15, 0.2) is 39.9 Å². The fraction of sp³-hybridized carbons (Fsp3) is 0.361. The number of fused-ring (bicyclic) bond motifs is 7. The van der Waals surface area contributed by atoms with E-state index in [9.17, 15) is 32.8 Å². The summed E-state index contributed by atoms with van der Waals surface area (Å²) in [6.45, 7) is 9.13. The molecule has 2 heterocycles. The highest BCUT2D eigenvalue weighted by atomic mass is 32.1. The minimum Gasteiger partial charge on any atom is -0.292 e. The number of thiophene rings is 2. The molecule has 3 aromatic rings. The lowest BCUT2D eigenvalue weighted by molar-refractivity contribution is -0.123. The summed E-state index contributed by atoms with van der Waals surface area (Å²) in [5.41, 5.74) is 1.89. The molecule has 5 aliphatic rings. The molecule has 1 spiro atoms. The number of ketones is 3. The van der Waals surface area contributed by atoms with Gasteiger partial charge in [0.05, 0.1) is 22.4 Å². The number of aryl methyl sites for hydroxylation is 1. The van der Waals surface area contributed by atoms with Crippen LogP contribution in [0.25, 0.3) is 20.2 Å². The van der Waals surface area contributed by atoms with Crippen LogP contribution in [0.5, 0.6) is 0 Å². The predicted octanol–water partition coefficient (Wildman–Crippen LogP) is 8.54. The molecule has 4 atom stereocenters. The highest BCUT2D eigenvalue weighted by Crippen LogP contribution is 2.63. The molecule has 4 unspecified atom stereocenters. The zero-order valence-electron chi connectivity index (χ0n) is 25.5. The van der Waals surface area contributed by atoms with Crippen LogP contribution in [-0.2, 0) is 15.0 Å². The van der Waals surface area contributed by atoms with Gasteiger partial charge in [-0.25, -0.2) is 33.3 Å². The molecule has 3 saturated carbocycles. The van der Waals surface area contributed by atoms with Crippen LogP contribution < -0.4 is 0 Å². The van der Waals surface area contributed by atoms with E-state index in [2.05, 4.69) is 9.84 Å². The van der Waals surface area contributed by atoms with Gasteiger partial charge in [-0.15, -0.1) is 22.7 Å². The van der Waals surface area contributed by atoms with Crippen LogP contribution in [-0.4, -0.2) is 41.1 Å². The maximum atomic E-state index is 14.5. The maximum Gasteiger partial charge on any atom is 0.271 e. The summed E-state index contributed by atoms with van der Waals surface area (Å²) in [5, 5.41) is 10.7. The zero-order chi connectivity index (χ0) is 33.6. The number of alkyl halides is 2. The second-order valence-corrected chi connectivity index (χ2v) is 15.1. The highest BCUT2D eigenvalue weighted by molar-refractivity contribution is 7.26. The third kappa shape index (κ3) is 4.32. The molecular weight excluding hydrogens is 658 g/mol. The Morgan fingerprint density at radius 3 is 2.00 bits per heavy atom. The van der Waals surface area contributed by atoms with Gasteiger partial charge in [0.2, 0.25) is 5.78 Å². The summed E-state index contributed by atoms with van der Waals surface area (Å²) in [5.74, 6) is -3.93. The van der Waals surface area contributed by atoms with E-state index in [1.165, 1.54) is 28.7 Å². The van der Waals surface area contributed by atoms with Crippen molar-refractivity contribution in [1.29, 1.82) is 5.26 Å². The Balaban J connectivity index is 1.22. The van der Waals surface area contributed by atoms with Crippen molar-refractivity contribution in [1.82, 2.24) is 0 Å². The molecule has 48 heavy (non-hydrogen) atoms. The number of nitriles is 1. The molecule has 0 bridgehead atoms. The molecule has 0 radical (unpaired) electrons. The monoisotopic (exact) mass is 682 g/mol. The average molecular weight is 683 g/mol. The fourth-order valence-electron chi connectivity index (χ4n) is 8.17. The van der Waals surface area contributed by atoms with Crippen molar-refractivity contribution < 1.29 is 27.6 Å². The van der Waals surface area contributed by atoms with Gasteiger partial charge in [0, 0.05) is 28.4 Å². The van der Waals surface area contributed by atoms with Gasteiger partial charge >= 0.3 is 0 Å². The first kappa shape index (κ1) is 30.8. The van der Waals surface area contributed by atoms with E-state index in [-0.39, 0.29) is 52.1 Å². The maximum absolute atomic E-state index is 14.5. The number of hydrogen-bond acceptors (Lipinski definition) is 8. The smallest absolute Gasteiger partial charge is 0.271 e. The second-order valence-electron chi connectivity index (χ2n) is 13.1. The molecule has 0 N–H and O–H groups in total. The SMILES string of the molecule is [C-]#[N+]C(C#N)=C1C(=Nc2cc3c(s2)-c2sc(N=C4C(=O)C5CC(F)C(F)CC5C4=O)cc2C32CCCCC2)C(=O)c2cc(F)c(C)cc21. The lowest BCUT2D eigenvalue weighted by Gasteiger charge is -2.34. The van der Waals surface area contributed by atoms with Crippen LogP contribution in [0.1, 0.15) is 77.6 Å². The molecule has 1 aromatic carbocycles. The van der Waals surface area contributed by atoms with Gasteiger partial charge in [0.1, 0.15) is 33.9 Å². The summed E-state index contributed by atoms with van der Waals surface area (Å²) < 4.78 is 42.8. The summed E-state index contributed by atoms with van der Waals surface area (Å²) in [6.07, 6.45) is 0.586. The standard InChI is InChI=1S/C36H25F3N4O3S2/c1-15-8-16-17(9-22(15)37)31(44)29(28(16)25(14-40)41-2)42-26-12-20-34(47-26)35-21(36(20)6-4-3-5-7-36)13-27(48-35)43-30-32(45)18-10-23(38)24(39)11-19(18)33(30)46/h8-9,12-13,18-19,23-24H,3-7,10-11H2,1H3. The van der Waals surface area contributed by atoms with Gasteiger partial charge in [-0.1, -0.05) is 19.3 Å². The predicted molar refractivity (Wildman–Crippen MR) is 176 cm³/mol. The Hall–Kier alpha value is -4.52. The van der Waals surface area contributed by atoms with Crippen molar-refractivity contribution in [3.63, 3.8) is 0 Å². The lowest BCUT2D eigenvalue weighted by Crippen LogP contribution is -2.35. The summed E-state index contributed by atoms with van der Waals surface area (Å²) in [4.78, 5) is 54.4. The molecule has 240 valence electrons. The minimum absolute atomic E-state index is 0.0558. The highest BCUT2D eigenvalue weighted by Gasteiger charge is 2.53. The van der Waals surface area contributed by atoms with Gasteiger partial charge in [0.15, 0.2) is 17.3 Å². The number of Topliss-reactive ketones (excluding diaryl/α,β-unsaturated/α-hetero) is 3. The van der Waals surface area contributed by atoms with E-state index >= 15 is 0 Å². The van der Waals surface area contributed by atoms with Gasteiger partial charge in [-0.05, 0) is 79.1 Å². The topological polar surface area (TPSA) is 104 Å². The number of aliphatic imine (C=N–C) groups is 2. The number of allylic oxidation sites excluding steroid dienone is 2. The fourth-order valence-corrected chi connectivity index (χ4v) is 10.6. The normalized spacial score (nSPS) is 27.1. The van der Waals surface area contributed by atoms with Gasteiger partial charge in [-0.3, -0.25) is 14.4 Å². The van der Waals surface area contributed by atoms with Crippen molar-refractivity contribution in [3.05, 3.63) is 75.0 Å². The number of benzene rings is 1. The van der Waals surface area contributed by atoms with Crippen LogP contribution >= 0.6 is 22.7 Å². The van der Waals surface area contributed by atoms with Crippen LogP contribution in [0.4, 0.5) is 23.2 Å². The van der Waals surface area contributed by atoms with Gasteiger partial charge < -0.3 is 0 Å². The summed E-state index contributed by atoms with van der Waals surface area (Å²) in [7, 11) is 0. The van der Waals surface area contributed by atoms with Crippen molar-refractivity contribution >= 4 is 67.0 Å². The number of nitrogens with zero attached hydrogens (tertiary/aromatic N) is 4. The first-order chi connectivity index (χ1) is 23.1. The zero-order valence-corrected chi connectivity index (χ0v) is 27.2. The first-order valence-electron chi connectivity index (χ1n) is 15.8. The minimum atomic E-state index is -1.77. The van der Waals surface area contributed by atoms with E-state index in [4.69, 9.17) is 11.6 Å². The Morgan fingerprint density at radius 2 is 1.46 bits per heavy atom. The van der Waals surface area contributed by atoms with Gasteiger partial charge in [0.25, 0.3) is 5.70 Å². The quantitative estimate of drug-likeness (QED) is 0.200. The lowest BCUT2D eigenvalue weighted by atomic mass is 9.68. The molecular formula is C36H25F3N4O3S2. The van der Waals surface area contributed by atoms with E-state index in [1.807, 2.05) is 18.2 Å². The molecule has 8 rings (SSSR count). The number of rotatable bonds is 2. The van der Waals surface area contributed by atoms with Crippen molar-refractivity contribution in [2.24, 2.45) is 21.8 Å². The Bertz CT molecular complexity index is 2140. The molecule has 0 saturated heterocycles. The van der Waals surface area contributed by atoms with Crippen LogP contribution in [0.3, 0.4) is 0 Å². The number of carbonyl (C=O) groups is 3. The molecule has 7 nitrogen and oxygen atoms in total. The van der Waals surface area contributed by atoms with E-state index in [0.717, 1.165) is 59.1 Å². The molecule has 0 amide bonds. The first-order valence-corrected chi connectivity index (χ1v) is 17.4. The van der Waals surface area contributed by atoms with Crippen LogP contribution in [0, 0.1) is 42.5 Å². The third-order valence-electron chi connectivity index (χ3n) is 10.5. The number of halogens is 3. The summed E-state index contributed by atoms with van der Waals surface area (Å²) in [6, 6.07) is 8.35. The largest absolute Gasteiger partial charge is 0.292 e.